The third-order valence-corrected chi connectivity index (χ3v) is 3.74. The Bertz CT molecular complexity index is 832. The summed E-state index contributed by atoms with van der Waals surface area (Å²) in [5, 5.41) is 0.976. The highest BCUT2D eigenvalue weighted by atomic mass is 79.9. The average molecular weight is 344 g/mol. The first-order chi connectivity index (χ1) is 10.1. The molecule has 3 rings (SSSR count). The maximum atomic E-state index is 13.8. The summed E-state index contributed by atoms with van der Waals surface area (Å²) in [6.07, 6.45) is 0.00442. The molecule has 2 nitrogen and oxygen atoms in total. The second-order valence-electron chi connectivity index (χ2n) is 4.72. The van der Waals surface area contributed by atoms with Crippen LogP contribution in [-0.2, 0) is 6.42 Å². The summed E-state index contributed by atoms with van der Waals surface area (Å²) in [5.74, 6) is -0.583. The van der Waals surface area contributed by atoms with Gasteiger partial charge in [-0.3, -0.25) is 4.79 Å². The first-order valence-electron chi connectivity index (χ1n) is 6.46. The minimum absolute atomic E-state index is 0.00442. The van der Waals surface area contributed by atoms with Gasteiger partial charge >= 0.3 is 0 Å². The second kappa shape index (κ2) is 5.74. The van der Waals surface area contributed by atoms with Crippen LogP contribution in [0, 0.1) is 5.82 Å². The first kappa shape index (κ1) is 13.9. The number of para-hydroxylation sites is 1. The quantitative estimate of drug-likeness (QED) is 0.652. The van der Waals surface area contributed by atoms with Gasteiger partial charge in [-0.25, -0.2) is 9.37 Å². The van der Waals surface area contributed by atoms with Crippen molar-refractivity contribution in [3.8, 4) is 0 Å². The lowest BCUT2D eigenvalue weighted by Gasteiger charge is -2.04. The van der Waals surface area contributed by atoms with E-state index in [0.29, 0.717) is 15.7 Å². The third kappa shape index (κ3) is 3.00. The number of ketones is 1. The molecule has 1 heterocycles. The number of aromatic nitrogens is 1. The predicted octanol–water partition coefficient (Wildman–Crippen LogP) is 4.56. The Morgan fingerprint density at radius 3 is 2.71 bits per heavy atom. The van der Waals surface area contributed by atoms with Crippen molar-refractivity contribution in [2.24, 2.45) is 0 Å². The van der Waals surface area contributed by atoms with Crippen molar-refractivity contribution in [1.29, 1.82) is 0 Å². The highest BCUT2D eigenvalue weighted by molar-refractivity contribution is 9.10. The fourth-order valence-electron chi connectivity index (χ4n) is 2.15. The molecule has 0 saturated carbocycles. The summed E-state index contributed by atoms with van der Waals surface area (Å²) in [6.45, 7) is 0. The van der Waals surface area contributed by atoms with Crippen LogP contribution in [0.4, 0.5) is 4.39 Å². The molecule has 0 aliphatic carbocycles. The predicted molar refractivity (Wildman–Crippen MR) is 83.9 cm³/mol. The first-order valence-corrected chi connectivity index (χ1v) is 7.26. The van der Waals surface area contributed by atoms with Gasteiger partial charge in [0.05, 0.1) is 5.52 Å². The molecule has 0 N–H and O–H groups in total. The van der Waals surface area contributed by atoms with Crippen LogP contribution in [0.15, 0.2) is 59.1 Å². The summed E-state index contributed by atoms with van der Waals surface area (Å²) in [5.41, 5.74) is 1.49. The second-order valence-corrected chi connectivity index (χ2v) is 5.64. The Morgan fingerprint density at radius 1 is 1.10 bits per heavy atom. The van der Waals surface area contributed by atoms with Crippen molar-refractivity contribution in [1.82, 2.24) is 4.98 Å². The summed E-state index contributed by atoms with van der Waals surface area (Å²) in [4.78, 5) is 16.6. The molecule has 4 heteroatoms. The lowest BCUT2D eigenvalue weighted by molar-refractivity contribution is 0.0987. The van der Waals surface area contributed by atoms with E-state index in [4.69, 9.17) is 0 Å². The summed E-state index contributed by atoms with van der Waals surface area (Å²) < 4.78 is 14.4. The third-order valence-electron chi connectivity index (χ3n) is 3.25. The van der Waals surface area contributed by atoms with Gasteiger partial charge in [0.2, 0.25) is 0 Å². The number of pyridine rings is 1. The van der Waals surface area contributed by atoms with E-state index in [9.17, 15) is 9.18 Å². The molecule has 0 saturated heterocycles. The van der Waals surface area contributed by atoms with Gasteiger partial charge in [0.25, 0.3) is 0 Å². The molecule has 0 fully saturated rings. The maximum Gasteiger partial charge on any atom is 0.185 e. The van der Waals surface area contributed by atoms with Crippen LogP contribution >= 0.6 is 15.9 Å². The van der Waals surface area contributed by atoms with E-state index in [-0.39, 0.29) is 12.2 Å². The molecular formula is C17H11BrFNO. The maximum absolute atomic E-state index is 13.8. The van der Waals surface area contributed by atoms with Crippen LogP contribution in [0.2, 0.25) is 0 Å². The van der Waals surface area contributed by atoms with Crippen molar-refractivity contribution in [2.75, 3.05) is 0 Å². The molecule has 0 unspecified atom stereocenters. The fourth-order valence-corrected chi connectivity index (χ4v) is 2.48. The highest BCUT2D eigenvalue weighted by Gasteiger charge is 2.12. The topological polar surface area (TPSA) is 30.0 Å². The SMILES string of the molecule is O=C(Cc1ccc(Br)cc1F)c1ccc2ccccc2n1. The van der Waals surface area contributed by atoms with Crippen LogP contribution in [-0.4, -0.2) is 10.8 Å². The molecule has 0 radical (unpaired) electrons. The van der Waals surface area contributed by atoms with E-state index >= 15 is 0 Å². The van der Waals surface area contributed by atoms with Crippen LogP contribution in [0.3, 0.4) is 0 Å². The number of benzene rings is 2. The number of carbonyl (C=O) groups excluding carboxylic acids is 1. The Hall–Kier alpha value is -2.07. The molecule has 1 aromatic heterocycles. The Morgan fingerprint density at radius 2 is 1.90 bits per heavy atom. The van der Waals surface area contributed by atoms with Crippen molar-refractivity contribution in [3.05, 3.63) is 76.1 Å². The molecule has 0 amide bonds. The van der Waals surface area contributed by atoms with Crippen molar-refractivity contribution >= 4 is 32.6 Å². The van der Waals surface area contributed by atoms with E-state index < -0.39 is 5.82 Å². The van der Waals surface area contributed by atoms with Gasteiger partial charge in [-0.2, -0.15) is 0 Å². The average Bonchev–Trinajstić information content (AvgIpc) is 2.49. The van der Waals surface area contributed by atoms with Gasteiger partial charge in [0.1, 0.15) is 11.5 Å². The zero-order chi connectivity index (χ0) is 14.8. The van der Waals surface area contributed by atoms with E-state index in [1.807, 2.05) is 30.3 Å². The number of Topliss-reactive ketones (excluding diaryl/α,β-unsaturated/α-hetero) is 1. The van der Waals surface area contributed by atoms with Gasteiger partial charge in [-0.1, -0.05) is 46.3 Å². The number of carbonyl (C=O) groups is 1. The number of hydrogen-bond donors (Lipinski definition) is 0. The minimum atomic E-state index is -0.390. The Labute approximate surface area is 129 Å². The van der Waals surface area contributed by atoms with Crippen LogP contribution < -0.4 is 0 Å². The molecule has 104 valence electrons. The van der Waals surface area contributed by atoms with Crippen LogP contribution in [0.5, 0.6) is 0 Å². The lowest BCUT2D eigenvalue weighted by atomic mass is 10.1. The number of hydrogen-bond acceptors (Lipinski definition) is 2. The Balaban J connectivity index is 1.89. The molecule has 0 spiro atoms. The number of nitrogens with zero attached hydrogens (tertiary/aromatic N) is 1. The van der Waals surface area contributed by atoms with E-state index in [1.54, 1.807) is 18.2 Å². The number of fused-ring (bicyclic) bond motifs is 1. The highest BCUT2D eigenvalue weighted by Crippen LogP contribution is 2.18. The minimum Gasteiger partial charge on any atom is -0.292 e. The summed E-state index contributed by atoms with van der Waals surface area (Å²) in [7, 11) is 0. The van der Waals surface area contributed by atoms with Gasteiger partial charge in [0.15, 0.2) is 5.78 Å². The van der Waals surface area contributed by atoms with Crippen molar-refractivity contribution in [2.45, 2.75) is 6.42 Å². The van der Waals surface area contributed by atoms with E-state index in [1.165, 1.54) is 6.07 Å². The van der Waals surface area contributed by atoms with Crippen LogP contribution in [0.1, 0.15) is 16.1 Å². The number of rotatable bonds is 3. The lowest BCUT2D eigenvalue weighted by Crippen LogP contribution is -2.07. The van der Waals surface area contributed by atoms with Crippen molar-refractivity contribution < 1.29 is 9.18 Å². The summed E-state index contributed by atoms with van der Waals surface area (Å²) in [6, 6.07) is 15.8. The molecule has 2 aromatic carbocycles. The van der Waals surface area contributed by atoms with E-state index in [0.717, 1.165) is 10.9 Å². The molecule has 0 aliphatic rings. The molecular weight excluding hydrogens is 333 g/mol. The van der Waals surface area contributed by atoms with Gasteiger partial charge in [0, 0.05) is 16.3 Å². The standard InChI is InChI=1S/C17H11BrFNO/c18-13-7-5-12(14(19)10-13)9-17(21)16-8-6-11-3-1-2-4-15(11)20-16/h1-8,10H,9H2. The summed E-state index contributed by atoms with van der Waals surface area (Å²) >= 11 is 3.20. The fraction of sp³-hybridized carbons (Fsp3) is 0.0588. The molecule has 0 bridgehead atoms. The molecule has 3 aromatic rings. The zero-order valence-electron chi connectivity index (χ0n) is 11.0. The monoisotopic (exact) mass is 343 g/mol. The number of halogens is 2. The van der Waals surface area contributed by atoms with Gasteiger partial charge < -0.3 is 0 Å². The smallest absolute Gasteiger partial charge is 0.185 e. The normalized spacial score (nSPS) is 10.8. The van der Waals surface area contributed by atoms with Gasteiger partial charge in [-0.05, 0) is 29.8 Å². The zero-order valence-corrected chi connectivity index (χ0v) is 12.6. The van der Waals surface area contributed by atoms with Crippen molar-refractivity contribution in [3.63, 3.8) is 0 Å². The molecule has 21 heavy (non-hydrogen) atoms. The largest absolute Gasteiger partial charge is 0.292 e. The van der Waals surface area contributed by atoms with Gasteiger partial charge in [-0.15, -0.1) is 0 Å². The molecule has 0 aliphatic heterocycles. The van der Waals surface area contributed by atoms with Crippen LogP contribution in [0.25, 0.3) is 10.9 Å². The Kier molecular flexibility index (Phi) is 3.80. The molecule has 0 atom stereocenters. The van der Waals surface area contributed by atoms with E-state index in [2.05, 4.69) is 20.9 Å².